The van der Waals surface area contributed by atoms with Crippen molar-refractivity contribution in [2.24, 2.45) is 0 Å². The zero-order valence-electron chi connectivity index (χ0n) is 21.9. The minimum absolute atomic E-state index is 0.0583. The Bertz CT molecular complexity index is 1070. The highest BCUT2D eigenvalue weighted by molar-refractivity contribution is 6.23. The van der Waals surface area contributed by atoms with E-state index in [2.05, 4.69) is 5.32 Å². The lowest BCUT2D eigenvalue weighted by atomic mass is 10.0. The van der Waals surface area contributed by atoms with Crippen LogP contribution in [-0.2, 0) is 14.3 Å². The fraction of sp³-hybridized carbons (Fsp3) is 0.577. The molecule has 37 heavy (non-hydrogen) atoms. The molecule has 1 saturated heterocycles. The van der Waals surface area contributed by atoms with Gasteiger partial charge in [-0.2, -0.15) is 0 Å². The predicted octanol–water partition coefficient (Wildman–Crippen LogP) is 1.92. The van der Waals surface area contributed by atoms with Gasteiger partial charge in [-0.15, -0.1) is 0 Å². The molecule has 11 heteroatoms. The molecule has 0 bridgehead atoms. The lowest BCUT2D eigenvalue weighted by molar-refractivity contribution is -0.136. The number of piperidine rings is 1. The summed E-state index contributed by atoms with van der Waals surface area (Å²) in [7, 11) is 0. The number of nitrogens with one attached hydrogen (secondary N) is 1. The van der Waals surface area contributed by atoms with Gasteiger partial charge in [-0.1, -0.05) is 0 Å². The van der Waals surface area contributed by atoms with Gasteiger partial charge in [0.25, 0.3) is 11.8 Å². The summed E-state index contributed by atoms with van der Waals surface area (Å²) in [6.45, 7) is 9.19. The Morgan fingerprint density at radius 1 is 1.08 bits per heavy atom. The Kier molecular flexibility index (Phi) is 8.90. The molecule has 1 atom stereocenters. The highest BCUT2D eigenvalue weighted by atomic mass is 16.6. The number of benzene rings is 1. The number of ether oxygens (including phenoxy) is 1. The van der Waals surface area contributed by atoms with E-state index in [4.69, 9.17) is 4.74 Å². The number of aliphatic hydroxyl groups excluding tert-OH is 1. The van der Waals surface area contributed by atoms with Crippen LogP contribution >= 0.6 is 0 Å². The van der Waals surface area contributed by atoms with E-state index < -0.39 is 35.3 Å². The summed E-state index contributed by atoms with van der Waals surface area (Å²) in [5.74, 6) is -2.21. The van der Waals surface area contributed by atoms with Crippen molar-refractivity contribution in [1.29, 1.82) is 0 Å². The second-order valence-corrected chi connectivity index (χ2v) is 10.2. The van der Waals surface area contributed by atoms with E-state index in [1.165, 1.54) is 0 Å². The standard InChI is InChI=1S/C26H36N4O7/c1-5-28(25(36)37-26(2,3)4)12-6-7-13-29(14-15-31)17-8-9-18-19(16-17)24(35)30(23(18)34)20-10-11-21(32)27-22(20)33/h8-9,16,20,31H,5-7,10-15H2,1-4H3,(H,27,32,33). The van der Waals surface area contributed by atoms with Crippen LogP contribution in [0.3, 0.4) is 0 Å². The third-order valence-electron chi connectivity index (χ3n) is 6.30. The molecule has 1 aromatic carbocycles. The number of hydrogen-bond donors (Lipinski definition) is 2. The van der Waals surface area contributed by atoms with Crippen LogP contribution in [-0.4, -0.2) is 89.1 Å². The Morgan fingerprint density at radius 2 is 1.76 bits per heavy atom. The van der Waals surface area contributed by atoms with Crippen molar-refractivity contribution in [3.63, 3.8) is 0 Å². The van der Waals surface area contributed by atoms with Gasteiger partial charge in [0.2, 0.25) is 11.8 Å². The summed E-state index contributed by atoms with van der Waals surface area (Å²) in [6.07, 6.45) is 1.22. The lowest BCUT2D eigenvalue weighted by Crippen LogP contribution is -2.54. The average Bonchev–Trinajstić information content (AvgIpc) is 3.06. The maximum atomic E-state index is 13.1. The van der Waals surface area contributed by atoms with Crippen molar-refractivity contribution >= 4 is 35.4 Å². The maximum Gasteiger partial charge on any atom is 0.410 e. The lowest BCUT2D eigenvalue weighted by Gasteiger charge is -2.28. The molecular formula is C26H36N4O7. The molecule has 2 heterocycles. The summed E-state index contributed by atoms with van der Waals surface area (Å²) in [5.41, 5.74) is 0.497. The van der Waals surface area contributed by atoms with Gasteiger partial charge in [0.1, 0.15) is 11.6 Å². The molecule has 2 aliphatic heterocycles. The number of carbonyl (C=O) groups excluding carboxylic acids is 5. The van der Waals surface area contributed by atoms with Crippen LogP contribution in [0.4, 0.5) is 10.5 Å². The summed E-state index contributed by atoms with van der Waals surface area (Å²) in [6, 6.07) is 3.86. The second kappa shape index (κ2) is 11.7. The molecule has 2 aliphatic rings. The highest BCUT2D eigenvalue weighted by Gasteiger charge is 2.44. The maximum absolute atomic E-state index is 13.1. The van der Waals surface area contributed by atoms with Crippen molar-refractivity contribution in [3.8, 4) is 0 Å². The molecule has 0 radical (unpaired) electrons. The molecule has 1 fully saturated rings. The SMILES string of the molecule is CCN(CCCCN(CCO)c1ccc2c(c1)C(=O)N(C1CCC(=O)NC1=O)C2=O)C(=O)OC(C)(C)C. The van der Waals surface area contributed by atoms with Crippen molar-refractivity contribution in [1.82, 2.24) is 15.1 Å². The smallest absolute Gasteiger partial charge is 0.410 e. The largest absolute Gasteiger partial charge is 0.444 e. The number of amides is 5. The number of rotatable bonds is 10. The molecular weight excluding hydrogens is 480 g/mol. The van der Waals surface area contributed by atoms with Gasteiger partial charge in [-0.25, -0.2) is 4.79 Å². The van der Waals surface area contributed by atoms with Gasteiger partial charge < -0.3 is 19.6 Å². The van der Waals surface area contributed by atoms with Crippen LogP contribution in [0.5, 0.6) is 0 Å². The number of aliphatic hydroxyl groups is 1. The number of carbonyl (C=O) groups is 5. The molecule has 1 unspecified atom stereocenters. The first-order valence-electron chi connectivity index (χ1n) is 12.7. The second-order valence-electron chi connectivity index (χ2n) is 10.2. The minimum atomic E-state index is -1.02. The zero-order valence-corrected chi connectivity index (χ0v) is 21.9. The minimum Gasteiger partial charge on any atom is -0.444 e. The Labute approximate surface area is 216 Å². The van der Waals surface area contributed by atoms with Crippen LogP contribution in [0.1, 0.15) is 74.1 Å². The van der Waals surface area contributed by atoms with Crippen molar-refractivity contribution in [2.45, 2.75) is 65.0 Å². The number of imide groups is 2. The molecule has 0 aliphatic carbocycles. The van der Waals surface area contributed by atoms with Crippen LogP contribution in [0, 0.1) is 0 Å². The van der Waals surface area contributed by atoms with E-state index in [0.717, 1.165) is 4.90 Å². The summed E-state index contributed by atoms with van der Waals surface area (Å²) < 4.78 is 5.44. The van der Waals surface area contributed by atoms with Crippen molar-refractivity contribution in [2.75, 3.05) is 37.7 Å². The Balaban J connectivity index is 1.65. The van der Waals surface area contributed by atoms with Crippen molar-refractivity contribution < 1.29 is 33.8 Å². The normalized spacial score (nSPS) is 17.5. The van der Waals surface area contributed by atoms with E-state index in [1.807, 2.05) is 32.6 Å². The van der Waals surface area contributed by atoms with E-state index in [1.54, 1.807) is 23.1 Å². The van der Waals surface area contributed by atoms with Gasteiger partial charge in [0, 0.05) is 38.3 Å². The number of anilines is 1. The number of hydrogen-bond acceptors (Lipinski definition) is 8. The fourth-order valence-corrected chi connectivity index (χ4v) is 4.46. The van der Waals surface area contributed by atoms with Gasteiger partial charge in [-0.3, -0.25) is 29.4 Å². The van der Waals surface area contributed by atoms with Crippen LogP contribution < -0.4 is 10.2 Å². The van der Waals surface area contributed by atoms with Gasteiger partial charge >= 0.3 is 6.09 Å². The molecule has 202 valence electrons. The van der Waals surface area contributed by atoms with E-state index in [0.29, 0.717) is 44.7 Å². The molecule has 11 nitrogen and oxygen atoms in total. The van der Waals surface area contributed by atoms with Gasteiger partial charge in [0.05, 0.1) is 17.7 Å². The zero-order chi connectivity index (χ0) is 27.3. The predicted molar refractivity (Wildman–Crippen MR) is 135 cm³/mol. The first-order valence-corrected chi connectivity index (χ1v) is 12.7. The molecule has 0 saturated carbocycles. The Hall–Kier alpha value is -3.47. The first kappa shape index (κ1) is 28.1. The fourth-order valence-electron chi connectivity index (χ4n) is 4.46. The molecule has 5 amide bonds. The summed E-state index contributed by atoms with van der Waals surface area (Å²) in [5, 5.41) is 11.8. The number of nitrogens with zero attached hydrogens (tertiary/aromatic N) is 3. The molecule has 1 aromatic rings. The van der Waals surface area contributed by atoms with E-state index in [9.17, 15) is 29.1 Å². The topological polar surface area (TPSA) is 137 Å². The highest BCUT2D eigenvalue weighted by Crippen LogP contribution is 2.30. The van der Waals surface area contributed by atoms with E-state index >= 15 is 0 Å². The molecule has 0 spiro atoms. The monoisotopic (exact) mass is 516 g/mol. The van der Waals surface area contributed by atoms with Gasteiger partial charge in [-0.05, 0) is 65.2 Å². The quantitative estimate of drug-likeness (QED) is 0.356. The van der Waals surface area contributed by atoms with Crippen LogP contribution in [0.2, 0.25) is 0 Å². The van der Waals surface area contributed by atoms with Crippen LogP contribution in [0.15, 0.2) is 18.2 Å². The average molecular weight is 517 g/mol. The first-order chi connectivity index (χ1) is 17.5. The third-order valence-corrected chi connectivity index (χ3v) is 6.30. The summed E-state index contributed by atoms with van der Waals surface area (Å²) in [4.78, 5) is 66.6. The number of unbranched alkanes of at least 4 members (excludes halogenated alkanes) is 1. The summed E-state index contributed by atoms with van der Waals surface area (Å²) >= 11 is 0. The van der Waals surface area contributed by atoms with E-state index in [-0.39, 0.29) is 36.7 Å². The number of fused-ring (bicyclic) bond motifs is 1. The Morgan fingerprint density at radius 3 is 2.38 bits per heavy atom. The molecule has 3 rings (SSSR count). The molecule has 0 aromatic heterocycles. The van der Waals surface area contributed by atoms with Crippen molar-refractivity contribution in [3.05, 3.63) is 29.3 Å². The third kappa shape index (κ3) is 6.65. The van der Waals surface area contributed by atoms with Gasteiger partial charge in [0.15, 0.2) is 0 Å². The van der Waals surface area contributed by atoms with Crippen LogP contribution in [0.25, 0.3) is 0 Å². The molecule has 2 N–H and O–H groups in total.